The summed E-state index contributed by atoms with van der Waals surface area (Å²) in [4.78, 5) is 5.17. The minimum Gasteiger partial charge on any atom is -0.492 e. The Labute approximate surface area is 116 Å². The average Bonchev–Trinajstić information content (AvgIpc) is 2.84. The number of aromatic nitrogens is 3. The summed E-state index contributed by atoms with van der Waals surface area (Å²) >= 11 is 1.33. The zero-order chi connectivity index (χ0) is 13.7. The Morgan fingerprint density at radius 1 is 1.47 bits per heavy atom. The standard InChI is InChI=1S/C12H17N5OS/c1-3-4-18-10-5-9(6-14-7-10)11(15-13)12-8(2)16-17-19-12/h5-7,11,15H,3-4,13H2,1-2H3. The number of hydrogen-bond acceptors (Lipinski definition) is 7. The maximum Gasteiger partial charge on any atom is 0.137 e. The molecule has 6 nitrogen and oxygen atoms in total. The summed E-state index contributed by atoms with van der Waals surface area (Å²) in [7, 11) is 0. The van der Waals surface area contributed by atoms with Gasteiger partial charge >= 0.3 is 0 Å². The van der Waals surface area contributed by atoms with Crippen molar-refractivity contribution in [3.8, 4) is 5.75 Å². The molecule has 0 bridgehead atoms. The molecule has 0 spiro atoms. The highest BCUT2D eigenvalue weighted by molar-refractivity contribution is 7.05. The van der Waals surface area contributed by atoms with E-state index in [1.54, 1.807) is 12.4 Å². The first kappa shape index (κ1) is 13.9. The molecule has 7 heteroatoms. The minimum absolute atomic E-state index is 0.169. The molecule has 0 aliphatic rings. The van der Waals surface area contributed by atoms with E-state index in [1.807, 2.05) is 13.0 Å². The summed E-state index contributed by atoms with van der Waals surface area (Å²) in [6.45, 7) is 4.65. The number of ether oxygens (including phenoxy) is 1. The molecule has 1 unspecified atom stereocenters. The Bertz CT molecular complexity index is 530. The molecule has 2 aromatic rings. The van der Waals surface area contributed by atoms with E-state index in [9.17, 15) is 0 Å². The molecule has 2 rings (SSSR count). The third-order valence-corrected chi connectivity index (χ3v) is 3.55. The molecule has 19 heavy (non-hydrogen) atoms. The molecular formula is C12H17N5OS. The number of hydrogen-bond donors (Lipinski definition) is 2. The van der Waals surface area contributed by atoms with Crippen LogP contribution >= 0.6 is 11.5 Å². The van der Waals surface area contributed by atoms with E-state index >= 15 is 0 Å². The van der Waals surface area contributed by atoms with Crippen molar-refractivity contribution in [3.05, 3.63) is 34.6 Å². The summed E-state index contributed by atoms with van der Waals surface area (Å²) in [5, 5.41) is 4.00. The fraction of sp³-hybridized carbons (Fsp3) is 0.417. The zero-order valence-corrected chi connectivity index (χ0v) is 11.8. The molecule has 0 radical (unpaired) electrons. The van der Waals surface area contributed by atoms with Crippen molar-refractivity contribution in [2.75, 3.05) is 6.61 Å². The van der Waals surface area contributed by atoms with Gasteiger partial charge in [0.2, 0.25) is 0 Å². The van der Waals surface area contributed by atoms with E-state index in [-0.39, 0.29) is 6.04 Å². The predicted octanol–water partition coefficient (Wildman–Crippen LogP) is 1.58. The van der Waals surface area contributed by atoms with Gasteiger partial charge in [-0.1, -0.05) is 11.4 Å². The highest BCUT2D eigenvalue weighted by Crippen LogP contribution is 2.27. The topological polar surface area (TPSA) is 86.0 Å². The fourth-order valence-corrected chi connectivity index (χ4v) is 2.45. The van der Waals surface area contributed by atoms with Crippen LogP contribution in [0.5, 0.6) is 5.75 Å². The SMILES string of the molecule is CCCOc1cncc(C(NN)c2snnc2C)c1. The second kappa shape index (κ2) is 6.55. The van der Waals surface area contributed by atoms with E-state index in [2.05, 4.69) is 26.9 Å². The quantitative estimate of drug-likeness (QED) is 0.617. The van der Waals surface area contributed by atoms with Crippen LogP contribution in [0.25, 0.3) is 0 Å². The van der Waals surface area contributed by atoms with Gasteiger partial charge in [-0.3, -0.25) is 10.8 Å². The van der Waals surface area contributed by atoms with Crippen molar-refractivity contribution in [1.82, 2.24) is 20.0 Å². The first-order valence-electron chi connectivity index (χ1n) is 6.09. The summed E-state index contributed by atoms with van der Waals surface area (Å²) in [5.74, 6) is 6.39. The zero-order valence-electron chi connectivity index (χ0n) is 11.0. The van der Waals surface area contributed by atoms with E-state index in [4.69, 9.17) is 10.6 Å². The molecular weight excluding hydrogens is 262 g/mol. The van der Waals surface area contributed by atoms with Gasteiger partial charge in [0.05, 0.1) is 29.4 Å². The molecule has 0 aromatic carbocycles. The van der Waals surface area contributed by atoms with Gasteiger partial charge in [0.1, 0.15) is 5.75 Å². The molecule has 0 saturated carbocycles. The van der Waals surface area contributed by atoms with E-state index < -0.39 is 0 Å². The van der Waals surface area contributed by atoms with Gasteiger partial charge in [0, 0.05) is 6.20 Å². The lowest BCUT2D eigenvalue weighted by atomic mass is 10.1. The van der Waals surface area contributed by atoms with Gasteiger partial charge in [-0.15, -0.1) is 5.10 Å². The normalized spacial score (nSPS) is 12.4. The lowest BCUT2D eigenvalue weighted by Crippen LogP contribution is -2.28. The number of nitrogens with one attached hydrogen (secondary N) is 1. The van der Waals surface area contributed by atoms with Crippen LogP contribution in [0.15, 0.2) is 18.5 Å². The van der Waals surface area contributed by atoms with Gasteiger partial charge in [-0.05, 0) is 36.5 Å². The molecule has 0 amide bonds. The number of rotatable bonds is 6. The van der Waals surface area contributed by atoms with Crippen LogP contribution in [-0.4, -0.2) is 21.2 Å². The van der Waals surface area contributed by atoms with E-state index in [0.717, 1.165) is 28.3 Å². The number of nitrogens with two attached hydrogens (primary N) is 1. The molecule has 0 aliphatic heterocycles. The molecule has 102 valence electrons. The second-order valence-corrected chi connectivity index (χ2v) is 4.91. The summed E-state index contributed by atoms with van der Waals surface area (Å²) in [5.41, 5.74) is 4.58. The average molecular weight is 279 g/mol. The molecule has 2 heterocycles. The third kappa shape index (κ3) is 3.25. The number of hydrazine groups is 1. The van der Waals surface area contributed by atoms with Crippen LogP contribution in [0.3, 0.4) is 0 Å². The van der Waals surface area contributed by atoms with Gasteiger partial charge in [-0.25, -0.2) is 5.43 Å². The molecule has 1 atom stereocenters. The van der Waals surface area contributed by atoms with Crippen LogP contribution < -0.4 is 16.0 Å². The Morgan fingerprint density at radius 2 is 2.32 bits per heavy atom. The maximum atomic E-state index is 5.65. The van der Waals surface area contributed by atoms with E-state index in [1.165, 1.54) is 11.5 Å². The molecule has 0 aliphatic carbocycles. The maximum absolute atomic E-state index is 5.65. The highest BCUT2D eigenvalue weighted by atomic mass is 32.1. The highest BCUT2D eigenvalue weighted by Gasteiger charge is 2.18. The first-order chi connectivity index (χ1) is 9.26. The van der Waals surface area contributed by atoms with Crippen molar-refractivity contribution >= 4 is 11.5 Å². The smallest absolute Gasteiger partial charge is 0.137 e. The Hall–Kier alpha value is -1.57. The lowest BCUT2D eigenvalue weighted by molar-refractivity contribution is 0.315. The number of pyridine rings is 1. The van der Waals surface area contributed by atoms with Crippen molar-refractivity contribution < 1.29 is 4.74 Å². The molecule has 2 aromatic heterocycles. The molecule has 3 N–H and O–H groups in total. The van der Waals surface area contributed by atoms with Crippen molar-refractivity contribution in [2.24, 2.45) is 5.84 Å². The van der Waals surface area contributed by atoms with Crippen LogP contribution in [0.2, 0.25) is 0 Å². The third-order valence-electron chi connectivity index (χ3n) is 2.66. The van der Waals surface area contributed by atoms with Gasteiger partial charge in [0.15, 0.2) is 0 Å². The Balaban J connectivity index is 2.26. The monoisotopic (exact) mass is 279 g/mol. The van der Waals surface area contributed by atoms with Gasteiger partial charge in [0.25, 0.3) is 0 Å². The van der Waals surface area contributed by atoms with Gasteiger partial charge < -0.3 is 4.74 Å². The molecule has 0 fully saturated rings. The number of aryl methyl sites for hydroxylation is 1. The predicted molar refractivity (Wildman–Crippen MR) is 73.8 cm³/mol. The lowest BCUT2D eigenvalue weighted by Gasteiger charge is -2.15. The van der Waals surface area contributed by atoms with Crippen molar-refractivity contribution in [2.45, 2.75) is 26.3 Å². The first-order valence-corrected chi connectivity index (χ1v) is 6.86. The largest absolute Gasteiger partial charge is 0.492 e. The van der Waals surface area contributed by atoms with Gasteiger partial charge in [-0.2, -0.15) is 0 Å². The molecule has 0 saturated heterocycles. The van der Waals surface area contributed by atoms with Crippen LogP contribution in [0.1, 0.15) is 35.5 Å². The van der Waals surface area contributed by atoms with E-state index in [0.29, 0.717) is 6.61 Å². The van der Waals surface area contributed by atoms with Crippen molar-refractivity contribution in [1.29, 1.82) is 0 Å². The Kier molecular flexibility index (Phi) is 4.78. The number of nitrogens with zero attached hydrogens (tertiary/aromatic N) is 3. The van der Waals surface area contributed by atoms with Crippen LogP contribution in [-0.2, 0) is 0 Å². The second-order valence-electron chi connectivity index (χ2n) is 4.12. The minimum atomic E-state index is -0.169. The van der Waals surface area contributed by atoms with Crippen molar-refractivity contribution in [3.63, 3.8) is 0 Å². The summed E-state index contributed by atoms with van der Waals surface area (Å²) in [6.07, 6.45) is 4.42. The Morgan fingerprint density at radius 3 is 2.95 bits per heavy atom. The summed E-state index contributed by atoms with van der Waals surface area (Å²) < 4.78 is 9.51. The van der Waals surface area contributed by atoms with Crippen LogP contribution in [0, 0.1) is 6.92 Å². The fourth-order valence-electron chi connectivity index (χ4n) is 1.72. The summed E-state index contributed by atoms with van der Waals surface area (Å²) in [6, 6.07) is 1.77. The van der Waals surface area contributed by atoms with Crippen LogP contribution in [0.4, 0.5) is 0 Å².